The van der Waals surface area contributed by atoms with E-state index < -0.39 is 5.97 Å². The monoisotopic (exact) mass is 639 g/mol. The summed E-state index contributed by atoms with van der Waals surface area (Å²) in [4.78, 5) is 23.3. The highest BCUT2D eigenvalue weighted by atomic mass is 16.5. The van der Waals surface area contributed by atoms with Crippen molar-refractivity contribution in [3.05, 3.63) is 72.9 Å². The molecule has 0 aromatic heterocycles. The van der Waals surface area contributed by atoms with Gasteiger partial charge in [0, 0.05) is 6.42 Å². The van der Waals surface area contributed by atoms with Gasteiger partial charge in [-0.2, -0.15) is 0 Å². The predicted molar refractivity (Wildman–Crippen MR) is 199 cm³/mol. The fraction of sp³-hybridized carbons (Fsp3) is 0.667. The molecule has 4 nitrogen and oxygen atoms in total. The SMILES string of the molecule is CC/C=C\C/C=C\C/C=C\C/C=C\C/C=C\CC(=O)OC(CCC/C=C\CCCCCCCCCC)CCCCCCCC(=O)O. The van der Waals surface area contributed by atoms with E-state index in [-0.39, 0.29) is 18.5 Å². The van der Waals surface area contributed by atoms with E-state index in [0.717, 1.165) is 89.9 Å². The van der Waals surface area contributed by atoms with E-state index in [1.54, 1.807) is 0 Å². The Bertz CT molecular complexity index is 861. The number of unbranched alkanes of at least 4 members (excludes halogenated alkanes) is 13. The molecule has 0 aromatic rings. The van der Waals surface area contributed by atoms with Crippen molar-refractivity contribution >= 4 is 11.9 Å². The average Bonchev–Trinajstić information content (AvgIpc) is 3.04. The molecule has 0 rings (SSSR count). The molecule has 0 aliphatic heterocycles. The number of carbonyl (C=O) groups excluding carboxylic acids is 1. The van der Waals surface area contributed by atoms with Gasteiger partial charge in [0.25, 0.3) is 0 Å². The fourth-order valence-corrected chi connectivity index (χ4v) is 5.20. The van der Waals surface area contributed by atoms with Crippen molar-refractivity contribution in [2.45, 2.75) is 180 Å². The van der Waals surface area contributed by atoms with Gasteiger partial charge in [-0.25, -0.2) is 0 Å². The maximum Gasteiger partial charge on any atom is 0.309 e. The third kappa shape index (κ3) is 35.9. The molecule has 0 radical (unpaired) electrons. The number of carboxylic acids is 1. The molecule has 0 aromatic carbocycles. The minimum absolute atomic E-state index is 0.0321. The van der Waals surface area contributed by atoms with Crippen molar-refractivity contribution in [3.63, 3.8) is 0 Å². The molecule has 0 fully saturated rings. The van der Waals surface area contributed by atoms with Gasteiger partial charge >= 0.3 is 11.9 Å². The number of ether oxygens (including phenoxy) is 1. The second-order valence-electron chi connectivity index (χ2n) is 12.4. The highest BCUT2D eigenvalue weighted by Crippen LogP contribution is 2.17. The largest absolute Gasteiger partial charge is 0.481 e. The Kier molecular flexibility index (Phi) is 34.7. The second-order valence-corrected chi connectivity index (χ2v) is 12.4. The fourth-order valence-electron chi connectivity index (χ4n) is 5.20. The number of carbonyl (C=O) groups is 2. The first kappa shape index (κ1) is 43.4. The Balaban J connectivity index is 4.29. The molecule has 46 heavy (non-hydrogen) atoms. The Hall–Kier alpha value is -2.62. The second kappa shape index (κ2) is 36.8. The van der Waals surface area contributed by atoms with Crippen molar-refractivity contribution in [2.24, 2.45) is 0 Å². The maximum atomic E-state index is 12.6. The molecule has 0 heterocycles. The quantitative estimate of drug-likeness (QED) is 0.0441. The average molecular weight is 639 g/mol. The minimum Gasteiger partial charge on any atom is -0.481 e. The summed E-state index contributed by atoms with van der Waals surface area (Å²) in [5, 5.41) is 8.81. The topological polar surface area (TPSA) is 63.6 Å². The molecule has 0 saturated carbocycles. The highest BCUT2D eigenvalue weighted by molar-refractivity contribution is 5.71. The van der Waals surface area contributed by atoms with Crippen LogP contribution in [0, 0.1) is 0 Å². The minimum atomic E-state index is -0.716. The summed E-state index contributed by atoms with van der Waals surface area (Å²) in [7, 11) is 0. The first-order valence-electron chi connectivity index (χ1n) is 18.9. The van der Waals surface area contributed by atoms with Crippen molar-refractivity contribution in [3.8, 4) is 0 Å². The summed E-state index contributed by atoms with van der Waals surface area (Å²) in [6, 6.07) is 0. The van der Waals surface area contributed by atoms with Crippen LogP contribution >= 0.6 is 0 Å². The molecule has 0 bridgehead atoms. The van der Waals surface area contributed by atoms with E-state index in [9.17, 15) is 9.59 Å². The van der Waals surface area contributed by atoms with Crippen LogP contribution < -0.4 is 0 Å². The zero-order chi connectivity index (χ0) is 33.6. The Morgan fingerprint density at radius 3 is 1.54 bits per heavy atom. The molecule has 4 heteroatoms. The number of aliphatic carboxylic acids is 1. The lowest BCUT2D eigenvalue weighted by Gasteiger charge is -2.17. The number of rotatable bonds is 33. The van der Waals surface area contributed by atoms with Crippen LogP contribution in [0.5, 0.6) is 0 Å². The van der Waals surface area contributed by atoms with Crippen LogP contribution in [0.1, 0.15) is 174 Å². The van der Waals surface area contributed by atoms with E-state index in [1.165, 1.54) is 57.8 Å². The smallest absolute Gasteiger partial charge is 0.309 e. The number of hydrogen-bond donors (Lipinski definition) is 1. The van der Waals surface area contributed by atoms with Crippen LogP contribution in [0.25, 0.3) is 0 Å². The first-order chi connectivity index (χ1) is 22.6. The van der Waals surface area contributed by atoms with Gasteiger partial charge in [-0.3, -0.25) is 9.59 Å². The number of hydrogen-bond acceptors (Lipinski definition) is 3. The molecule has 0 spiro atoms. The molecular weight excluding hydrogens is 568 g/mol. The highest BCUT2D eigenvalue weighted by Gasteiger charge is 2.13. The van der Waals surface area contributed by atoms with Crippen molar-refractivity contribution in [1.82, 2.24) is 0 Å². The van der Waals surface area contributed by atoms with Crippen LogP contribution in [-0.2, 0) is 14.3 Å². The number of allylic oxidation sites excluding steroid dienone is 11. The van der Waals surface area contributed by atoms with E-state index >= 15 is 0 Å². The summed E-state index contributed by atoms with van der Waals surface area (Å²) in [6.07, 6.45) is 52.1. The van der Waals surface area contributed by atoms with E-state index in [0.29, 0.717) is 6.42 Å². The zero-order valence-electron chi connectivity index (χ0n) is 29.9. The summed E-state index contributed by atoms with van der Waals surface area (Å²) in [5.41, 5.74) is 0. The zero-order valence-corrected chi connectivity index (χ0v) is 29.9. The summed E-state index contributed by atoms with van der Waals surface area (Å²) >= 11 is 0. The van der Waals surface area contributed by atoms with Crippen LogP contribution in [0.15, 0.2) is 72.9 Å². The van der Waals surface area contributed by atoms with Gasteiger partial charge in [0.2, 0.25) is 0 Å². The predicted octanol–water partition coefficient (Wildman–Crippen LogP) is 13.1. The summed E-state index contributed by atoms with van der Waals surface area (Å²) < 4.78 is 5.91. The van der Waals surface area contributed by atoms with Gasteiger partial charge < -0.3 is 9.84 Å². The third-order valence-electron chi connectivity index (χ3n) is 7.94. The number of esters is 1. The lowest BCUT2D eigenvalue weighted by molar-refractivity contribution is -0.148. The van der Waals surface area contributed by atoms with Gasteiger partial charge in [0.1, 0.15) is 6.10 Å². The lowest BCUT2D eigenvalue weighted by atomic mass is 10.0. The third-order valence-corrected chi connectivity index (χ3v) is 7.94. The lowest BCUT2D eigenvalue weighted by Crippen LogP contribution is -2.18. The Labute approximate surface area is 284 Å². The molecule has 0 aliphatic rings. The van der Waals surface area contributed by atoms with E-state index in [1.807, 2.05) is 12.2 Å². The van der Waals surface area contributed by atoms with E-state index in [2.05, 4.69) is 74.6 Å². The van der Waals surface area contributed by atoms with Gasteiger partial charge in [-0.15, -0.1) is 0 Å². The molecule has 262 valence electrons. The van der Waals surface area contributed by atoms with Crippen molar-refractivity contribution in [2.75, 3.05) is 0 Å². The van der Waals surface area contributed by atoms with Crippen molar-refractivity contribution < 1.29 is 19.4 Å². The maximum absolute atomic E-state index is 12.6. The Morgan fingerprint density at radius 2 is 0.978 bits per heavy atom. The van der Waals surface area contributed by atoms with Gasteiger partial charge in [0.05, 0.1) is 6.42 Å². The van der Waals surface area contributed by atoms with Gasteiger partial charge in [-0.1, -0.05) is 151 Å². The van der Waals surface area contributed by atoms with Crippen LogP contribution in [0.3, 0.4) is 0 Å². The van der Waals surface area contributed by atoms with Crippen LogP contribution in [-0.4, -0.2) is 23.1 Å². The Morgan fingerprint density at radius 1 is 0.522 bits per heavy atom. The normalized spacial score (nSPS) is 13.1. The molecular formula is C42H70O4. The van der Waals surface area contributed by atoms with Crippen LogP contribution in [0.4, 0.5) is 0 Å². The summed E-state index contributed by atoms with van der Waals surface area (Å²) in [6.45, 7) is 4.42. The molecule has 1 unspecified atom stereocenters. The van der Waals surface area contributed by atoms with Gasteiger partial charge in [0.15, 0.2) is 0 Å². The van der Waals surface area contributed by atoms with E-state index in [4.69, 9.17) is 9.84 Å². The van der Waals surface area contributed by atoms with Crippen molar-refractivity contribution in [1.29, 1.82) is 0 Å². The summed E-state index contributed by atoms with van der Waals surface area (Å²) in [5.74, 6) is -0.857. The molecule has 0 saturated heterocycles. The molecule has 1 N–H and O–H groups in total. The van der Waals surface area contributed by atoms with Gasteiger partial charge in [-0.05, 0) is 83.5 Å². The molecule has 0 amide bonds. The number of carboxylic acid groups (broad SMARTS) is 1. The van der Waals surface area contributed by atoms with Crippen LogP contribution in [0.2, 0.25) is 0 Å². The standard InChI is InChI=1S/C42H70O4/c1-3-5-7-9-11-13-15-17-18-20-22-24-26-31-35-39-42(45)46-40(37-33-29-27-30-34-38-41(43)44)36-32-28-25-23-21-19-16-14-12-10-8-6-4-2/h5,7,11,13,17-18,22-25,31,35,40H,3-4,6,8-10,12,14-16,19-21,26-30,32-34,36-39H2,1-2H3,(H,43,44)/b7-5-,13-11-,18-17-,24-22-,25-23-,35-31-. The molecule has 1 atom stereocenters. The first-order valence-corrected chi connectivity index (χ1v) is 18.9. The molecule has 0 aliphatic carbocycles.